The van der Waals surface area contributed by atoms with Crippen molar-refractivity contribution in [3.05, 3.63) is 50.6 Å². The Kier molecular flexibility index (Phi) is 3.38. The predicted molar refractivity (Wildman–Crippen MR) is 52.3 cm³/mol. The first kappa shape index (κ1) is 15.2. The van der Waals surface area contributed by atoms with Gasteiger partial charge in [0.25, 0.3) is 0 Å². The molecule has 0 aliphatic carbocycles. The van der Waals surface area contributed by atoms with Gasteiger partial charge in [-0.1, -0.05) is 0 Å². The van der Waals surface area contributed by atoms with Crippen LogP contribution in [0, 0.1) is 50.6 Å². The van der Waals surface area contributed by atoms with Gasteiger partial charge < -0.3 is 20.2 Å². The average molecular weight is 308 g/mol. The lowest BCUT2D eigenvalue weighted by atomic mass is 10.6. The largest absolute Gasteiger partial charge is 0.875 e. The van der Waals surface area contributed by atoms with Crippen LogP contribution in [0.1, 0.15) is 0 Å². The molecule has 1 heterocycles. The van der Waals surface area contributed by atoms with Crippen LogP contribution in [0.5, 0.6) is 0 Å². The third-order valence-corrected chi connectivity index (χ3v) is 1.92. The third kappa shape index (κ3) is 2.00. The molecule has 0 fully saturated rings. The predicted octanol–water partition coefficient (Wildman–Crippen LogP) is -1.51. The number of nitrogens with zero attached hydrogens (tertiary/aromatic N) is 8. The standard InChI is InChI=1S/C3N8O10/c12-7(13)1-4-2(8(14)15)6(5-1)3(9(16)17,10(18)19)11(20)21. The van der Waals surface area contributed by atoms with Crippen molar-refractivity contribution in [2.24, 2.45) is 0 Å². The van der Waals surface area contributed by atoms with Crippen LogP contribution in [-0.2, 0) is 5.91 Å². The Morgan fingerprint density at radius 1 is 0.810 bits per heavy atom. The van der Waals surface area contributed by atoms with Crippen LogP contribution < -0.4 is 0 Å². The molecule has 0 atom stereocenters. The second kappa shape index (κ2) is 4.67. The average Bonchev–Trinajstić information content (AvgIpc) is 2.73. The zero-order valence-electron chi connectivity index (χ0n) is 9.16. The van der Waals surface area contributed by atoms with E-state index in [1.165, 1.54) is 0 Å². The van der Waals surface area contributed by atoms with Crippen LogP contribution >= 0.6 is 0 Å². The van der Waals surface area contributed by atoms with Crippen molar-refractivity contribution in [1.82, 2.24) is 14.8 Å². The van der Waals surface area contributed by atoms with E-state index in [0.29, 0.717) is 0 Å². The number of nitro groups is 5. The van der Waals surface area contributed by atoms with Crippen molar-refractivity contribution in [2.45, 2.75) is 5.91 Å². The van der Waals surface area contributed by atoms with Gasteiger partial charge in [0.05, 0.1) is 0 Å². The van der Waals surface area contributed by atoms with Crippen LogP contribution in [0.2, 0.25) is 0 Å². The van der Waals surface area contributed by atoms with E-state index in [1.807, 2.05) is 0 Å². The molecule has 0 aromatic carbocycles. The number of hydrogen-bond donors (Lipinski definition) is 0. The van der Waals surface area contributed by atoms with Crippen LogP contribution in [0.15, 0.2) is 0 Å². The summed E-state index contributed by atoms with van der Waals surface area (Å²) in [5, 5.41) is 55.5. The molecule has 18 heteroatoms. The maximum Gasteiger partial charge on any atom is 0.875 e. The summed E-state index contributed by atoms with van der Waals surface area (Å²) in [5.41, 5.74) is 0. The Bertz CT molecular complexity index is 638. The van der Waals surface area contributed by atoms with Crippen LogP contribution in [0.3, 0.4) is 0 Å². The lowest BCUT2D eigenvalue weighted by Gasteiger charge is -2.02. The van der Waals surface area contributed by atoms with E-state index in [-0.39, 0.29) is 0 Å². The molecule has 0 bridgehead atoms. The molecule has 0 N–H and O–H groups in total. The normalized spacial score (nSPS) is 10.9. The maximum atomic E-state index is 10.7. The molecule has 0 unspecified atom stereocenters. The van der Waals surface area contributed by atoms with Gasteiger partial charge in [-0.25, -0.2) is 30.3 Å². The molecule has 0 saturated carbocycles. The highest BCUT2D eigenvalue weighted by molar-refractivity contribution is 5.14. The highest BCUT2D eigenvalue weighted by Crippen LogP contribution is 2.26. The summed E-state index contributed by atoms with van der Waals surface area (Å²) in [6.07, 6.45) is 0. The van der Waals surface area contributed by atoms with Crippen molar-refractivity contribution in [1.29, 1.82) is 0 Å². The Labute approximate surface area is 109 Å². The first-order valence-electron chi connectivity index (χ1n) is 4.26. The minimum atomic E-state index is -4.57. The highest BCUT2D eigenvalue weighted by Gasteiger charge is 2.82. The molecular formula is C3N8O10. The molecule has 1 aromatic rings. The molecule has 0 spiro atoms. The van der Waals surface area contributed by atoms with E-state index in [2.05, 4.69) is 10.1 Å². The topological polar surface area (TPSA) is 246 Å². The van der Waals surface area contributed by atoms with Gasteiger partial charge in [-0.3, -0.25) is 0 Å². The van der Waals surface area contributed by atoms with E-state index >= 15 is 0 Å². The lowest BCUT2D eigenvalue weighted by molar-refractivity contribution is -1.01. The Balaban J connectivity index is 3.86. The summed E-state index contributed by atoms with van der Waals surface area (Å²) in [7, 11) is 0. The molecule has 1 aromatic heterocycles. The van der Waals surface area contributed by atoms with E-state index < -0.39 is 47.1 Å². The fraction of sp³-hybridized carbons (Fsp3) is 0.333. The first-order chi connectivity index (χ1) is 9.56. The van der Waals surface area contributed by atoms with Crippen molar-refractivity contribution < 1.29 is 24.6 Å². The molecular weight excluding hydrogens is 308 g/mol. The van der Waals surface area contributed by atoms with Gasteiger partial charge >= 0.3 is 17.8 Å². The van der Waals surface area contributed by atoms with Gasteiger partial charge in [0.1, 0.15) is 9.78 Å². The second-order valence-corrected chi connectivity index (χ2v) is 3.01. The molecule has 1 rings (SSSR count). The molecule has 0 radical (unpaired) electrons. The van der Waals surface area contributed by atoms with E-state index in [9.17, 15) is 50.6 Å². The van der Waals surface area contributed by atoms with Gasteiger partial charge in [0.2, 0.25) is 14.8 Å². The van der Waals surface area contributed by atoms with E-state index in [1.54, 1.807) is 0 Å². The van der Waals surface area contributed by atoms with Gasteiger partial charge in [-0.05, 0) is 9.85 Å². The zero-order chi connectivity index (χ0) is 16.5. The quantitative estimate of drug-likeness (QED) is 0.330. The van der Waals surface area contributed by atoms with Crippen molar-refractivity contribution in [2.75, 3.05) is 0 Å². The molecule has 0 aliphatic rings. The molecule has 18 nitrogen and oxygen atoms in total. The maximum absolute atomic E-state index is 10.7. The molecule has 0 amide bonds. The molecule has 0 aliphatic heterocycles. The summed E-state index contributed by atoms with van der Waals surface area (Å²) in [6, 6.07) is 0. The Hall–Kier alpha value is -3.86. The molecule has 112 valence electrons. The lowest BCUT2D eigenvalue weighted by Crippen LogP contribution is -2.55. The van der Waals surface area contributed by atoms with Gasteiger partial charge in [0.15, 0.2) is 0 Å². The smallest absolute Gasteiger partial charge is 0.390 e. The van der Waals surface area contributed by atoms with Gasteiger partial charge in [-0.2, -0.15) is 0 Å². The summed E-state index contributed by atoms with van der Waals surface area (Å²) in [6.45, 7) is 0. The van der Waals surface area contributed by atoms with Crippen LogP contribution in [0.25, 0.3) is 0 Å². The molecule has 21 heavy (non-hydrogen) atoms. The monoisotopic (exact) mass is 308 g/mol. The summed E-state index contributed by atoms with van der Waals surface area (Å²) < 4.78 is -0.953. The minimum Gasteiger partial charge on any atom is -0.390 e. The number of rotatable bonds is 6. The summed E-state index contributed by atoms with van der Waals surface area (Å²) in [4.78, 5) is 46.1. The number of aromatic nitrogens is 3. The Morgan fingerprint density at radius 3 is 1.52 bits per heavy atom. The SMILES string of the molecule is O=[N+]([O-])c1nc([N+](=O)[O-])n(C([N+](=O)[O-])([N+](=O)[O-])[N+](=O)[O-])n1. The highest BCUT2D eigenvalue weighted by atomic mass is 16.7. The summed E-state index contributed by atoms with van der Waals surface area (Å²) in [5.74, 6) is -8.13. The van der Waals surface area contributed by atoms with E-state index in [0.717, 1.165) is 0 Å². The first-order valence-corrected chi connectivity index (χ1v) is 4.26. The van der Waals surface area contributed by atoms with Crippen molar-refractivity contribution in [3.63, 3.8) is 0 Å². The zero-order valence-corrected chi connectivity index (χ0v) is 9.16. The molecule has 0 saturated heterocycles. The summed E-state index contributed by atoms with van der Waals surface area (Å²) >= 11 is 0. The van der Waals surface area contributed by atoms with Crippen molar-refractivity contribution >= 4 is 11.9 Å². The van der Waals surface area contributed by atoms with Gasteiger partial charge in [0, 0.05) is 4.98 Å². The fourth-order valence-corrected chi connectivity index (χ4v) is 1.12. The third-order valence-electron chi connectivity index (χ3n) is 1.92. The fourth-order valence-electron chi connectivity index (χ4n) is 1.12. The van der Waals surface area contributed by atoms with Crippen molar-refractivity contribution in [3.8, 4) is 0 Å². The number of hydrogen-bond acceptors (Lipinski definition) is 12. The second-order valence-electron chi connectivity index (χ2n) is 3.01. The van der Waals surface area contributed by atoms with E-state index in [4.69, 9.17) is 0 Å². The minimum absolute atomic E-state index is 0.953. The van der Waals surface area contributed by atoms with Crippen LogP contribution in [0.4, 0.5) is 11.9 Å². The van der Waals surface area contributed by atoms with Crippen LogP contribution in [-0.4, -0.2) is 39.4 Å². The Morgan fingerprint density at radius 2 is 1.24 bits per heavy atom. The van der Waals surface area contributed by atoms with Gasteiger partial charge in [-0.15, -0.1) is 0 Å².